The topological polar surface area (TPSA) is 75.0 Å². The van der Waals surface area contributed by atoms with E-state index in [0.29, 0.717) is 38.5 Å². The number of rotatable bonds is 8. The molecule has 0 aliphatic rings. The van der Waals surface area contributed by atoms with Crippen LogP contribution in [0.25, 0.3) is 11.0 Å². The molecule has 4 rings (SSSR count). The van der Waals surface area contributed by atoms with E-state index in [4.69, 9.17) is 14.2 Å². The van der Waals surface area contributed by atoms with Crippen molar-refractivity contribution >= 4 is 22.4 Å². The molecule has 0 aliphatic heterocycles. The Hall–Kier alpha value is -3.39. The summed E-state index contributed by atoms with van der Waals surface area (Å²) in [5.41, 5.74) is 3.00. The van der Waals surface area contributed by atoms with E-state index >= 15 is 0 Å². The molecule has 2 aromatic heterocycles. The van der Waals surface area contributed by atoms with Crippen molar-refractivity contribution in [2.75, 3.05) is 21.3 Å². The molecule has 0 bridgehead atoms. The van der Waals surface area contributed by atoms with Gasteiger partial charge in [0.05, 0.1) is 25.9 Å². The molecule has 0 fully saturated rings. The largest absolute Gasteiger partial charge is 0.493 e. The van der Waals surface area contributed by atoms with Crippen LogP contribution in [0.1, 0.15) is 49.2 Å². The summed E-state index contributed by atoms with van der Waals surface area (Å²) >= 11 is 1.31. The van der Waals surface area contributed by atoms with E-state index in [9.17, 15) is 4.79 Å². The SMILES string of the molecule is COc1cc(/C=c2\sc3nc(C(C)c4ccc(CC(C)C)cc4)nn3c2=O)cc(OC)c1OC. The first-order valence-electron chi connectivity index (χ1n) is 11.1. The van der Waals surface area contributed by atoms with Gasteiger partial charge in [-0.3, -0.25) is 4.79 Å². The molecular formula is C26H29N3O4S. The first kappa shape index (κ1) is 23.8. The molecular weight excluding hydrogens is 450 g/mol. The second kappa shape index (κ2) is 9.85. The van der Waals surface area contributed by atoms with E-state index in [0.717, 1.165) is 17.5 Å². The average Bonchev–Trinajstić information content (AvgIpc) is 3.37. The minimum Gasteiger partial charge on any atom is -0.493 e. The Kier molecular flexibility index (Phi) is 6.88. The van der Waals surface area contributed by atoms with Crippen LogP contribution in [0.3, 0.4) is 0 Å². The Morgan fingerprint density at radius 2 is 1.65 bits per heavy atom. The van der Waals surface area contributed by atoms with Crippen molar-refractivity contribution < 1.29 is 14.2 Å². The van der Waals surface area contributed by atoms with Gasteiger partial charge in [0.25, 0.3) is 5.56 Å². The summed E-state index contributed by atoms with van der Waals surface area (Å²) in [6.45, 7) is 6.49. The van der Waals surface area contributed by atoms with Gasteiger partial charge in [-0.2, -0.15) is 4.52 Å². The molecule has 1 atom stereocenters. The van der Waals surface area contributed by atoms with Crippen molar-refractivity contribution in [2.45, 2.75) is 33.1 Å². The second-order valence-electron chi connectivity index (χ2n) is 8.60. The highest BCUT2D eigenvalue weighted by Crippen LogP contribution is 2.38. The summed E-state index contributed by atoms with van der Waals surface area (Å²) in [6.07, 6.45) is 2.84. The monoisotopic (exact) mass is 479 g/mol. The molecule has 0 N–H and O–H groups in total. The van der Waals surface area contributed by atoms with Gasteiger partial charge in [0.1, 0.15) is 0 Å². The third-order valence-corrected chi connectivity index (χ3v) is 6.65. The predicted octanol–water partition coefficient (Wildman–Crippen LogP) is 4.07. The first-order chi connectivity index (χ1) is 16.3. The van der Waals surface area contributed by atoms with E-state index in [2.05, 4.69) is 55.1 Å². The fourth-order valence-corrected chi connectivity index (χ4v) is 4.85. The lowest BCUT2D eigenvalue weighted by Gasteiger charge is -2.12. The van der Waals surface area contributed by atoms with Crippen molar-refractivity contribution in [3.63, 3.8) is 0 Å². The highest BCUT2D eigenvalue weighted by molar-refractivity contribution is 7.15. The van der Waals surface area contributed by atoms with Crippen LogP contribution < -0.4 is 24.3 Å². The van der Waals surface area contributed by atoms with Crippen LogP contribution in [0.4, 0.5) is 0 Å². The number of hydrogen-bond donors (Lipinski definition) is 0. The van der Waals surface area contributed by atoms with Crippen molar-refractivity contribution in [3.8, 4) is 17.2 Å². The predicted molar refractivity (Wildman–Crippen MR) is 135 cm³/mol. The van der Waals surface area contributed by atoms with Gasteiger partial charge in [-0.1, -0.05) is 56.4 Å². The summed E-state index contributed by atoms with van der Waals surface area (Å²) in [5, 5.41) is 4.53. The van der Waals surface area contributed by atoms with Crippen LogP contribution in [0.15, 0.2) is 41.2 Å². The lowest BCUT2D eigenvalue weighted by Crippen LogP contribution is -2.24. The molecule has 1 unspecified atom stereocenters. The molecule has 178 valence electrons. The summed E-state index contributed by atoms with van der Waals surface area (Å²) in [6, 6.07) is 12.2. The molecule has 0 radical (unpaired) electrons. The van der Waals surface area contributed by atoms with Gasteiger partial charge in [-0.15, -0.1) is 5.10 Å². The van der Waals surface area contributed by atoms with E-state index < -0.39 is 0 Å². The van der Waals surface area contributed by atoms with Crippen LogP contribution in [-0.2, 0) is 6.42 Å². The van der Waals surface area contributed by atoms with Crippen molar-refractivity contribution in [1.82, 2.24) is 14.6 Å². The Morgan fingerprint density at radius 3 is 2.18 bits per heavy atom. The Bertz CT molecular complexity index is 1380. The maximum absolute atomic E-state index is 13.0. The molecule has 4 aromatic rings. The lowest BCUT2D eigenvalue weighted by atomic mass is 9.96. The van der Waals surface area contributed by atoms with Crippen LogP contribution in [0, 0.1) is 5.92 Å². The number of ether oxygens (including phenoxy) is 3. The zero-order chi connectivity index (χ0) is 24.4. The van der Waals surface area contributed by atoms with Gasteiger partial charge < -0.3 is 14.2 Å². The number of benzene rings is 2. The van der Waals surface area contributed by atoms with Gasteiger partial charge in [0, 0.05) is 5.92 Å². The average molecular weight is 480 g/mol. The van der Waals surface area contributed by atoms with Crippen LogP contribution in [0.2, 0.25) is 0 Å². The Morgan fingerprint density at radius 1 is 1.00 bits per heavy atom. The number of hydrogen-bond acceptors (Lipinski definition) is 7. The standard InChI is InChI=1S/C26H29N3O4S/c1-15(2)11-17-7-9-19(10-8-17)16(3)24-27-26-29(28-24)25(30)22(34-26)14-18-12-20(31-4)23(33-6)21(13-18)32-5/h7-10,12-16H,11H2,1-6H3/b22-14-. The highest BCUT2D eigenvalue weighted by Gasteiger charge is 2.18. The van der Waals surface area contributed by atoms with Crippen molar-refractivity contribution in [2.24, 2.45) is 5.92 Å². The summed E-state index contributed by atoms with van der Waals surface area (Å²) in [7, 11) is 4.67. The zero-order valence-electron chi connectivity index (χ0n) is 20.3. The highest BCUT2D eigenvalue weighted by atomic mass is 32.1. The van der Waals surface area contributed by atoms with Gasteiger partial charge in [-0.25, -0.2) is 4.98 Å². The molecule has 8 heteroatoms. The lowest BCUT2D eigenvalue weighted by molar-refractivity contribution is 0.324. The first-order valence-corrected chi connectivity index (χ1v) is 12.0. The van der Waals surface area contributed by atoms with Crippen molar-refractivity contribution in [1.29, 1.82) is 0 Å². The molecule has 0 saturated heterocycles. The summed E-state index contributed by atoms with van der Waals surface area (Å²) in [5.74, 6) is 2.79. The van der Waals surface area contributed by atoms with Gasteiger partial charge in [-0.05, 0) is 47.2 Å². The quantitative estimate of drug-likeness (QED) is 0.379. The van der Waals surface area contributed by atoms with Crippen molar-refractivity contribution in [3.05, 3.63) is 73.8 Å². The molecule has 7 nitrogen and oxygen atoms in total. The van der Waals surface area contributed by atoms with E-state index in [1.165, 1.54) is 21.4 Å². The Balaban J connectivity index is 1.66. The zero-order valence-corrected chi connectivity index (χ0v) is 21.1. The maximum Gasteiger partial charge on any atom is 0.291 e. The smallest absolute Gasteiger partial charge is 0.291 e. The second-order valence-corrected chi connectivity index (χ2v) is 9.61. The third kappa shape index (κ3) is 4.63. The number of thiazole rings is 1. The molecule has 0 saturated carbocycles. The van der Waals surface area contributed by atoms with Gasteiger partial charge >= 0.3 is 0 Å². The van der Waals surface area contributed by atoms with Crippen LogP contribution in [-0.4, -0.2) is 35.9 Å². The third-order valence-electron chi connectivity index (χ3n) is 5.69. The fourth-order valence-electron chi connectivity index (χ4n) is 3.93. The molecule has 0 amide bonds. The minimum atomic E-state index is -0.202. The summed E-state index contributed by atoms with van der Waals surface area (Å²) < 4.78 is 18.1. The number of aromatic nitrogens is 3. The molecule has 2 heterocycles. The van der Waals surface area contributed by atoms with E-state index in [1.807, 2.05) is 0 Å². The molecule has 2 aromatic carbocycles. The molecule has 0 aliphatic carbocycles. The number of nitrogens with zero attached hydrogens (tertiary/aromatic N) is 3. The molecule has 0 spiro atoms. The number of methoxy groups -OCH3 is 3. The van der Waals surface area contributed by atoms with E-state index in [1.54, 1.807) is 39.5 Å². The van der Waals surface area contributed by atoms with Gasteiger partial charge in [0.2, 0.25) is 10.7 Å². The Labute approximate surface area is 202 Å². The fraction of sp³-hybridized carbons (Fsp3) is 0.346. The maximum atomic E-state index is 13.0. The number of fused-ring (bicyclic) bond motifs is 1. The van der Waals surface area contributed by atoms with Crippen LogP contribution >= 0.6 is 11.3 Å². The van der Waals surface area contributed by atoms with Crippen LogP contribution in [0.5, 0.6) is 17.2 Å². The van der Waals surface area contributed by atoms with Gasteiger partial charge in [0.15, 0.2) is 17.3 Å². The minimum absolute atomic E-state index is 0.0119. The normalized spacial score (nSPS) is 13.0. The summed E-state index contributed by atoms with van der Waals surface area (Å²) in [4.78, 5) is 18.3. The van der Waals surface area contributed by atoms with E-state index in [-0.39, 0.29) is 11.5 Å². The molecule has 34 heavy (non-hydrogen) atoms.